The maximum Gasteiger partial charge on any atom is 0.227 e. The summed E-state index contributed by atoms with van der Waals surface area (Å²) in [6, 6.07) is 25.6. The van der Waals surface area contributed by atoms with Crippen LogP contribution in [0, 0.1) is 11.3 Å². The second-order valence-electron chi connectivity index (χ2n) is 9.07. The summed E-state index contributed by atoms with van der Waals surface area (Å²) in [5.41, 5.74) is 3.51. The third-order valence-electron chi connectivity index (χ3n) is 6.68. The average Bonchev–Trinajstić information content (AvgIpc) is 3.53. The van der Waals surface area contributed by atoms with Crippen molar-refractivity contribution in [1.82, 2.24) is 0 Å². The minimum absolute atomic E-state index is 0.0624. The van der Waals surface area contributed by atoms with E-state index in [0.29, 0.717) is 25.1 Å². The summed E-state index contributed by atoms with van der Waals surface area (Å²) >= 11 is 0. The Labute approximate surface area is 200 Å². The van der Waals surface area contributed by atoms with Crippen molar-refractivity contribution in [3.05, 3.63) is 89.5 Å². The molecule has 1 atom stereocenters. The SMILES string of the molecule is N#Cc1cccc(N2C[C@@H](c3ccc(OCc4ccccc4)c(OC4CCCC4)c3)CC2=O)c1. The highest BCUT2D eigenvalue weighted by atomic mass is 16.5. The van der Waals surface area contributed by atoms with Crippen LogP contribution < -0.4 is 14.4 Å². The maximum atomic E-state index is 12.8. The lowest BCUT2D eigenvalue weighted by Crippen LogP contribution is -2.24. The van der Waals surface area contributed by atoms with Crippen molar-refractivity contribution < 1.29 is 14.3 Å². The van der Waals surface area contributed by atoms with E-state index in [1.165, 1.54) is 12.8 Å². The monoisotopic (exact) mass is 452 g/mol. The lowest BCUT2D eigenvalue weighted by molar-refractivity contribution is -0.117. The van der Waals surface area contributed by atoms with Gasteiger partial charge in [0, 0.05) is 24.6 Å². The van der Waals surface area contributed by atoms with E-state index in [9.17, 15) is 10.1 Å². The molecule has 2 fully saturated rings. The lowest BCUT2D eigenvalue weighted by atomic mass is 9.98. The van der Waals surface area contributed by atoms with Crippen molar-refractivity contribution in [2.45, 2.75) is 50.7 Å². The number of carbonyl (C=O) groups excluding carboxylic acids is 1. The second kappa shape index (κ2) is 10.0. The number of rotatable bonds is 7. The molecule has 1 saturated heterocycles. The quantitative estimate of drug-likeness (QED) is 0.442. The largest absolute Gasteiger partial charge is 0.487 e. The lowest BCUT2D eigenvalue weighted by Gasteiger charge is -2.20. The number of hydrogen-bond acceptors (Lipinski definition) is 4. The summed E-state index contributed by atoms with van der Waals surface area (Å²) in [7, 11) is 0. The molecule has 3 aromatic rings. The van der Waals surface area contributed by atoms with Crippen LogP contribution in [0.4, 0.5) is 5.69 Å². The summed E-state index contributed by atoms with van der Waals surface area (Å²) in [5.74, 6) is 1.63. The Balaban J connectivity index is 1.36. The van der Waals surface area contributed by atoms with Gasteiger partial charge in [-0.2, -0.15) is 5.26 Å². The van der Waals surface area contributed by atoms with Gasteiger partial charge in [0.2, 0.25) is 5.91 Å². The molecule has 1 amide bonds. The summed E-state index contributed by atoms with van der Waals surface area (Å²) in [6.45, 7) is 1.06. The molecule has 0 aromatic heterocycles. The van der Waals surface area contributed by atoms with Gasteiger partial charge in [0.15, 0.2) is 11.5 Å². The zero-order valence-corrected chi connectivity index (χ0v) is 19.2. The van der Waals surface area contributed by atoms with E-state index >= 15 is 0 Å². The van der Waals surface area contributed by atoms with Gasteiger partial charge in [-0.1, -0.05) is 42.5 Å². The molecule has 1 aliphatic heterocycles. The van der Waals surface area contributed by atoms with Crippen molar-refractivity contribution >= 4 is 11.6 Å². The summed E-state index contributed by atoms with van der Waals surface area (Å²) in [6.07, 6.45) is 5.16. The molecule has 2 aliphatic rings. The van der Waals surface area contributed by atoms with Gasteiger partial charge in [-0.25, -0.2) is 0 Å². The second-order valence-corrected chi connectivity index (χ2v) is 9.07. The topological polar surface area (TPSA) is 62.6 Å². The summed E-state index contributed by atoms with van der Waals surface area (Å²) < 4.78 is 12.6. The molecule has 0 N–H and O–H groups in total. The van der Waals surface area contributed by atoms with Gasteiger partial charge in [0.05, 0.1) is 17.7 Å². The van der Waals surface area contributed by atoms with Crippen LogP contribution in [0.2, 0.25) is 0 Å². The molecule has 34 heavy (non-hydrogen) atoms. The predicted octanol–water partition coefficient (Wildman–Crippen LogP) is 5.98. The highest BCUT2D eigenvalue weighted by molar-refractivity contribution is 5.96. The van der Waals surface area contributed by atoms with Crippen LogP contribution >= 0.6 is 0 Å². The maximum absolute atomic E-state index is 12.8. The van der Waals surface area contributed by atoms with Gasteiger partial charge in [-0.05, 0) is 67.1 Å². The van der Waals surface area contributed by atoms with E-state index in [0.717, 1.165) is 41.2 Å². The van der Waals surface area contributed by atoms with Gasteiger partial charge < -0.3 is 14.4 Å². The fraction of sp³-hybridized carbons (Fsp3) is 0.310. The zero-order valence-electron chi connectivity index (χ0n) is 19.2. The summed E-state index contributed by atoms with van der Waals surface area (Å²) in [5, 5.41) is 9.21. The number of carbonyl (C=O) groups is 1. The first kappa shape index (κ1) is 22.0. The molecule has 5 heteroatoms. The van der Waals surface area contributed by atoms with E-state index in [4.69, 9.17) is 9.47 Å². The molecule has 0 unspecified atom stereocenters. The van der Waals surface area contributed by atoms with E-state index in [2.05, 4.69) is 18.2 Å². The van der Waals surface area contributed by atoms with Crippen LogP contribution in [0.1, 0.15) is 54.7 Å². The van der Waals surface area contributed by atoms with Crippen molar-refractivity contribution in [2.24, 2.45) is 0 Å². The predicted molar refractivity (Wildman–Crippen MR) is 131 cm³/mol. The Morgan fingerprint density at radius 2 is 1.76 bits per heavy atom. The fourth-order valence-electron chi connectivity index (χ4n) is 4.83. The van der Waals surface area contributed by atoms with Crippen LogP contribution in [0.3, 0.4) is 0 Å². The number of nitrogens with zero attached hydrogens (tertiary/aromatic N) is 2. The smallest absolute Gasteiger partial charge is 0.227 e. The number of benzene rings is 3. The molecular formula is C29H28N2O3. The Bertz CT molecular complexity index is 1200. The first-order valence-corrected chi connectivity index (χ1v) is 12.0. The van der Waals surface area contributed by atoms with E-state index in [1.807, 2.05) is 48.5 Å². The van der Waals surface area contributed by atoms with Gasteiger partial charge in [0.25, 0.3) is 0 Å². The van der Waals surface area contributed by atoms with E-state index in [1.54, 1.807) is 17.0 Å². The Hall–Kier alpha value is -3.78. The first-order chi connectivity index (χ1) is 16.7. The minimum Gasteiger partial charge on any atom is -0.487 e. The van der Waals surface area contributed by atoms with Gasteiger partial charge >= 0.3 is 0 Å². The van der Waals surface area contributed by atoms with Gasteiger partial charge in [-0.3, -0.25) is 4.79 Å². The standard InChI is InChI=1S/C29H28N2O3/c30-18-22-9-6-10-25(15-22)31-19-24(17-29(31)32)23-13-14-27(33-20-21-7-2-1-3-8-21)28(16-23)34-26-11-4-5-12-26/h1-3,6-10,13-16,24,26H,4-5,11-12,17,19-20H2/t24-/m0/s1. The third kappa shape index (κ3) is 4.92. The fourth-order valence-corrected chi connectivity index (χ4v) is 4.83. The van der Waals surface area contributed by atoms with Crippen LogP contribution in [0.5, 0.6) is 11.5 Å². The molecule has 1 heterocycles. The Morgan fingerprint density at radius 3 is 2.56 bits per heavy atom. The number of hydrogen-bond donors (Lipinski definition) is 0. The van der Waals surface area contributed by atoms with Crippen molar-refractivity contribution in [3.63, 3.8) is 0 Å². The van der Waals surface area contributed by atoms with E-state index in [-0.39, 0.29) is 17.9 Å². The Morgan fingerprint density at radius 1 is 0.941 bits per heavy atom. The molecule has 5 rings (SSSR count). The van der Waals surface area contributed by atoms with Crippen LogP contribution in [0.15, 0.2) is 72.8 Å². The molecule has 0 bridgehead atoms. The minimum atomic E-state index is 0.0624. The number of nitriles is 1. The van der Waals surface area contributed by atoms with Crippen molar-refractivity contribution in [1.29, 1.82) is 5.26 Å². The van der Waals surface area contributed by atoms with Gasteiger partial charge in [-0.15, -0.1) is 0 Å². The third-order valence-corrected chi connectivity index (χ3v) is 6.68. The zero-order chi connectivity index (χ0) is 23.3. The van der Waals surface area contributed by atoms with Crippen LogP contribution in [-0.2, 0) is 11.4 Å². The Kier molecular flexibility index (Phi) is 6.49. The average molecular weight is 453 g/mol. The molecule has 0 spiro atoms. The number of amides is 1. The molecular weight excluding hydrogens is 424 g/mol. The molecule has 5 nitrogen and oxygen atoms in total. The van der Waals surface area contributed by atoms with E-state index < -0.39 is 0 Å². The number of anilines is 1. The number of ether oxygens (including phenoxy) is 2. The normalized spacial score (nSPS) is 18.1. The molecule has 172 valence electrons. The summed E-state index contributed by atoms with van der Waals surface area (Å²) in [4.78, 5) is 14.6. The molecule has 1 saturated carbocycles. The highest BCUT2D eigenvalue weighted by Gasteiger charge is 2.32. The molecule has 1 aliphatic carbocycles. The highest BCUT2D eigenvalue weighted by Crippen LogP contribution is 2.38. The van der Waals surface area contributed by atoms with Gasteiger partial charge in [0.1, 0.15) is 6.61 Å². The molecule has 3 aromatic carbocycles. The van der Waals surface area contributed by atoms with Crippen LogP contribution in [-0.4, -0.2) is 18.6 Å². The van der Waals surface area contributed by atoms with Crippen molar-refractivity contribution in [3.8, 4) is 17.6 Å². The van der Waals surface area contributed by atoms with Crippen LogP contribution in [0.25, 0.3) is 0 Å². The molecule has 0 radical (unpaired) electrons. The van der Waals surface area contributed by atoms with Crippen molar-refractivity contribution in [2.75, 3.05) is 11.4 Å². The first-order valence-electron chi connectivity index (χ1n) is 12.0.